The van der Waals surface area contributed by atoms with E-state index in [1.165, 1.54) is 5.56 Å². The summed E-state index contributed by atoms with van der Waals surface area (Å²) in [4.78, 5) is 2.24. The highest BCUT2D eigenvalue weighted by molar-refractivity contribution is 9.10. The molecule has 1 aliphatic rings. The van der Waals surface area contributed by atoms with Gasteiger partial charge in [-0.3, -0.25) is 0 Å². The van der Waals surface area contributed by atoms with Gasteiger partial charge >= 0.3 is 0 Å². The zero-order valence-electron chi connectivity index (χ0n) is 10.0. The van der Waals surface area contributed by atoms with Crippen LogP contribution >= 0.6 is 15.9 Å². The van der Waals surface area contributed by atoms with Crippen molar-refractivity contribution in [3.05, 3.63) is 34.3 Å². The van der Waals surface area contributed by atoms with Gasteiger partial charge in [-0.2, -0.15) is 0 Å². The molecule has 17 heavy (non-hydrogen) atoms. The van der Waals surface area contributed by atoms with Crippen LogP contribution in [0, 0.1) is 5.41 Å². The van der Waals surface area contributed by atoms with Crippen molar-refractivity contribution < 1.29 is 9.84 Å². The Morgan fingerprint density at radius 3 is 2.47 bits per heavy atom. The van der Waals surface area contributed by atoms with E-state index in [2.05, 4.69) is 52.1 Å². The summed E-state index contributed by atoms with van der Waals surface area (Å²) in [7, 11) is 2.08. The van der Waals surface area contributed by atoms with Crippen molar-refractivity contribution in [1.82, 2.24) is 4.90 Å². The van der Waals surface area contributed by atoms with E-state index in [9.17, 15) is 5.11 Å². The Bertz CT molecular complexity index is 357. The Labute approximate surface area is 111 Å². The molecule has 1 aliphatic heterocycles. The predicted octanol–water partition coefficient (Wildman–Crippen LogP) is 1.89. The maximum Gasteiger partial charge on any atom is 0.0579 e. The fourth-order valence-electron chi connectivity index (χ4n) is 2.15. The van der Waals surface area contributed by atoms with Gasteiger partial charge in [0.05, 0.1) is 25.2 Å². The Hall–Kier alpha value is -0.420. The average molecular weight is 300 g/mol. The Morgan fingerprint density at radius 2 is 2.00 bits per heavy atom. The van der Waals surface area contributed by atoms with Gasteiger partial charge in [-0.25, -0.2) is 0 Å². The van der Waals surface area contributed by atoms with Crippen LogP contribution in [0.25, 0.3) is 0 Å². The monoisotopic (exact) mass is 299 g/mol. The second kappa shape index (κ2) is 5.48. The summed E-state index contributed by atoms with van der Waals surface area (Å²) in [5.41, 5.74) is 1.24. The highest BCUT2D eigenvalue weighted by atomic mass is 79.9. The number of ether oxygens (including phenoxy) is 1. The lowest BCUT2D eigenvalue weighted by Gasteiger charge is -2.42. The molecule has 0 amide bonds. The first kappa shape index (κ1) is 13.0. The van der Waals surface area contributed by atoms with Gasteiger partial charge < -0.3 is 14.7 Å². The molecule has 0 radical (unpaired) electrons. The van der Waals surface area contributed by atoms with Crippen molar-refractivity contribution in [2.24, 2.45) is 5.41 Å². The van der Waals surface area contributed by atoms with Gasteiger partial charge in [-0.1, -0.05) is 28.1 Å². The van der Waals surface area contributed by atoms with E-state index in [4.69, 9.17) is 4.74 Å². The summed E-state index contributed by atoms with van der Waals surface area (Å²) < 4.78 is 6.30. The molecule has 0 atom stereocenters. The van der Waals surface area contributed by atoms with Crippen molar-refractivity contribution in [2.45, 2.75) is 6.54 Å². The summed E-state index contributed by atoms with van der Waals surface area (Å²) in [6, 6.07) is 8.34. The number of aliphatic hydroxyl groups excluding tert-OH is 1. The minimum absolute atomic E-state index is 0.0376. The van der Waals surface area contributed by atoms with Crippen LogP contribution in [0.1, 0.15) is 5.56 Å². The summed E-state index contributed by atoms with van der Waals surface area (Å²) in [5, 5.41) is 9.38. The SMILES string of the molecule is CN(Cc1ccc(Br)cc1)CC1(CO)COC1. The molecule has 2 rings (SSSR count). The van der Waals surface area contributed by atoms with Crippen molar-refractivity contribution in [2.75, 3.05) is 33.4 Å². The maximum absolute atomic E-state index is 9.38. The van der Waals surface area contributed by atoms with E-state index in [1.54, 1.807) is 0 Å². The summed E-state index contributed by atoms with van der Waals surface area (Å²) in [6.07, 6.45) is 0. The van der Waals surface area contributed by atoms with Gasteiger partial charge in [0.25, 0.3) is 0 Å². The topological polar surface area (TPSA) is 32.7 Å². The molecule has 1 N–H and O–H groups in total. The van der Waals surface area contributed by atoms with Crippen molar-refractivity contribution in [1.29, 1.82) is 0 Å². The number of hydrogen-bond donors (Lipinski definition) is 1. The number of halogens is 1. The number of benzene rings is 1. The second-order valence-electron chi connectivity index (χ2n) is 4.95. The molecule has 0 saturated carbocycles. The molecule has 0 unspecified atom stereocenters. The molecule has 0 spiro atoms. The zero-order chi connectivity index (χ0) is 12.3. The van der Waals surface area contributed by atoms with E-state index >= 15 is 0 Å². The molecule has 0 bridgehead atoms. The molecule has 0 aromatic heterocycles. The molecular formula is C13H18BrNO2. The van der Waals surface area contributed by atoms with Crippen LogP contribution in [-0.4, -0.2) is 43.4 Å². The molecule has 0 aliphatic carbocycles. The predicted molar refractivity (Wildman–Crippen MR) is 70.8 cm³/mol. The fraction of sp³-hybridized carbons (Fsp3) is 0.538. The largest absolute Gasteiger partial charge is 0.396 e. The lowest BCUT2D eigenvalue weighted by molar-refractivity contribution is -0.147. The first-order valence-electron chi connectivity index (χ1n) is 5.75. The first-order valence-corrected chi connectivity index (χ1v) is 6.54. The standard InChI is InChI=1S/C13H18BrNO2/c1-15(7-13(8-16)9-17-10-13)6-11-2-4-12(14)5-3-11/h2-5,16H,6-10H2,1H3. The molecule has 1 fully saturated rings. The van der Waals surface area contributed by atoms with Crippen LogP contribution < -0.4 is 0 Å². The zero-order valence-corrected chi connectivity index (χ0v) is 11.6. The van der Waals surface area contributed by atoms with Crippen molar-refractivity contribution in [3.63, 3.8) is 0 Å². The third-order valence-corrected chi connectivity index (χ3v) is 3.65. The summed E-state index contributed by atoms with van der Waals surface area (Å²) in [5.74, 6) is 0. The minimum atomic E-state index is -0.0376. The van der Waals surface area contributed by atoms with Gasteiger partial charge in [-0.05, 0) is 24.7 Å². The van der Waals surface area contributed by atoms with Crippen LogP contribution in [0.2, 0.25) is 0 Å². The van der Waals surface area contributed by atoms with Gasteiger partial charge in [-0.15, -0.1) is 0 Å². The third kappa shape index (κ3) is 3.28. The van der Waals surface area contributed by atoms with Crippen molar-refractivity contribution >= 4 is 15.9 Å². The van der Waals surface area contributed by atoms with E-state index in [-0.39, 0.29) is 12.0 Å². The summed E-state index contributed by atoms with van der Waals surface area (Å²) in [6.45, 7) is 3.33. The molecule has 1 aromatic carbocycles. The van der Waals surface area contributed by atoms with Crippen LogP contribution in [0.3, 0.4) is 0 Å². The maximum atomic E-state index is 9.38. The number of hydrogen-bond acceptors (Lipinski definition) is 3. The van der Waals surface area contributed by atoms with Crippen LogP contribution in [0.15, 0.2) is 28.7 Å². The van der Waals surface area contributed by atoms with Gasteiger partial charge in [0.15, 0.2) is 0 Å². The molecule has 94 valence electrons. The minimum Gasteiger partial charge on any atom is -0.396 e. The molecule has 1 aromatic rings. The number of rotatable bonds is 5. The van der Waals surface area contributed by atoms with Crippen LogP contribution in [0.5, 0.6) is 0 Å². The van der Waals surface area contributed by atoms with Crippen molar-refractivity contribution in [3.8, 4) is 0 Å². The molecule has 1 saturated heterocycles. The Kier molecular flexibility index (Phi) is 4.20. The van der Waals surface area contributed by atoms with E-state index < -0.39 is 0 Å². The lowest BCUT2D eigenvalue weighted by atomic mass is 9.86. The highest BCUT2D eigenvalue weighted by Gasteiger charge is 2.38. The lowest BCUT2D eigenvalue weighted by Crippen LogP contribution is -2.52. The Balaban J connectivity index is 1.88. The van der Waals surface area contributed by atoms with Crippen LogP contribution in [0.4, 0.5) is 0 Å². The third-order valence-electron chi connectivity index (χ3n) is 3.12. The second-order valence-corrected chi connectivity index (χ2v) is 5.87. The van der Waals surface area contributed by atoms with Gasteiger partial charge in [0.2, 0.25) is 0 Å². The molecule has 4 heteroatoms. The average Bonchev–Trinajstić information content (AvgIpc) is 2.27. The number of nitrogens with zero attached hydrogens (tertiary/aromatic N) is 1. The van der Waals surface area contributed by atoms with E-state index in [1.807, 2.05) is 0 Å². The fourth-order valence-corrected chi connectivity index (χ4v) is 2.42. The van der Waals surface area contributed by atoms with Gasteiger partial charge in [0.1, 0.15) is 0 Å². The molecule has 1 heterocycles. The normalized spacial score (nSPS) is 18.1. The Morgan fingerprint density at radius 1 is 1.35 bits per heavy atom. The quantitative estimate of drug-likeness (QED) is 0.901. The summed E-state index contributed by atoms with van der Waals surface area (Å²) >= 11 is 3.43. The first-order chi connectivity index (χ1) is 8.13. The van der Waals surface area contributed by atoms with E-state index in [0.717, 1.165) is 17.6 Å². The highest BCUT2D eigenvalue weighted by Crippen LogP contribution is 2.28. The van der Waals surface area contributed by atoms with Gasteiger partial charge in [0, 0.05) is 17.6 Å². The molecule has 3 nitrogen and oxygen atoms in total. The van der Waals surface area contributed by atoms with Crippen LogP contribution in [-0.2, 0) is 11.3 Å². The van der Waals surface area contributed by atoms with E-state index in [0.29, 0.717) is 13.2 Å². The number of aliphatic hydroxyl groups is 1. The molecular weight excluding hydrogens is 282 g/mol. The smallest absolute Gasteiger partial charge is 0.0579 e.